The van der Waals surface area contributed by atoms with Crippen molar-refractivity contribution in [2.24, 2.45) is 5.73 Å². The molecule has 210 valence electrons. The number of anilines is 1. The largest absolute Gasteiger partial charge is 0.490 e. The maximum absolute atomic E-state index is 12.7. The molecule has 0 radical (unpaired) electrons. The van der Waals surface area contributed by atoms with E-state index < -0.39 is 24.4 Å². The van der Waals surface area contributed by atoms with Gasteiger partial charge in [0.15, 0.2) is 17.3 Å². The van der Waals surface area contributed by atoms with Crippen LogP contribution in [0.3, 0.4) is 0 Å². The van der Waals surface area contributed by atoms with Crippen molar-refractivity contribution in [1.82, 2.24) is 24.7 Å². The number of aromatic amines is 1. The molecule has 0 amide bonds. The summed E-state index contributed by atoms with van der Waals surface area (Å²) in [4.78, 5) is 32.7. The third-order valence-corrected chi connectivity index (χ3v) is 5.09. The molecular weight excluding hydrogens is 523 g/mol. The molecule has 4 aromatic rings. The van der Waals surface area contributed by atoms with Gasteiger partial charge >= 0.3 is 5.69 Å². The highest BCUT2D eigenvalue weighted by Crippen LogP contribution is 2.33. The van der Waals surface area contributed by atoms with Gasteiger partial charge in [-0.05, 0) is 55.0 Å². The van der Waals surface area contributed by atoms with E-state index in [1.54, 1.807) is 48.5 Å². The first-order chi connectivity index (χ1) is 19.2. The van der Waals surface area contributed by atoms with Crippen LogP contribution in [0.1, 0.15) is 36.8 Å². The molecule has 1 atom stereocenters. The summed E-state index contributed by atoms with van der Waals surface area (Å²) in [5.74, 6) is 0.367. The number of hydrogen-bond acceptors (Lipinski definition) is 9. The fraction of sp³-hybridized carbons (Fsp3) is 0.231. The van der Waals surface area contributed by atoms with Crippen LogP contribution in [-0.2, 0) is 4.79 Å². The molecule has 0 saturated heterocycles. The molecule has 0 saturated carbocycles. The minimum atomic E-state index is -0.833. The summed E-state index contributed by atoms with van der Waals surface area (Å²) in [6, 6.07) is 13.1. The zero-order valence-corrected chi connectivity index (χ0v) is 21.8. The number of aliphatic carboxylic acids is 1. The Bertz CT molecular complexity index is 1470. The number of carboxylic acids is 1. The van der Waals surface area contributed by atoms with E-state index in [1.807, 2.05) is 6.92 Å². The molecule has 0 aliphatic heterocycles. The Balaban J connectivity index is 0.00000103. The summed E-state index contributed by atoms with van der Waals surface area (Å²) < 4.78 is 24.9. The first-order valence-corrected chi connectivity index (χ1v) is 12.1. The van der Waals surface area contributed by atoms with Gasteiger partial charge in [-0.3, -0.25) is 15.2 Å². The fourth-order valence-electron chi connectivity index (χ4n) is 3.47. The van der Waals surface area contributed by atoms with Gasteiger partial charge < -0.3 is 25.6 Å². The smallest absolute Gasteiger partial charge is 0.350 e. The van der Waals surface area contributed by atoms with Crippen LogP contribution in [0.5, 0.6) is 11.5 Å². The van der Waals surface area contributed by atoms with Gasteiger partial charge in [0.05, 0.1) is 6.61 Å². The van der Waals surface area contributed by atoms with E-state index >= 15 is 0 Å². The molecule has 6 N–H and O–H groups in total. The topological polar surface area (TPSA) is 194 Å². The number of benzene rings is 2. The maximum Gasteiger partial charge on any atom is 0.350 e. The first-order valence-electron chi connectivity index (χ1n) is 12.1. The van der Waals surface area contributed by atoms with Gasteiger partial charge in [-0.15, -0.1) is 9.78 Å². The predicted octanol–water partition coefficient (Wildman–Crippen LogP) is 2.67. The van der Waals surface area contributed by atoms with Crippen molar-refractivity contribution >= 4 is 17.5 Å². The molecule has 0 spiro atoms. The van der Waals surface area contributed by atoms with Crippen molar-refractivity contribution in [3.05, 3.63) is 88.4 Å². The van der Waals surface area contributed by atoms with E-state index in [4.69, 9.17) is 30.5 Å². The van der Waals surface area contributed by atoms with Crippen LogP contribution in [0.15, 0.2) is 65.7 Å². The van der Waals surface area contributed by atoms with E-state index in [0.717, 1.165) is 11.6 Å². The summed E-state index contributed by atoms with van der Waals surface area (Å²) in [6.45, 7) is 2.56. The lowest BCUT2D eigenvalue weighted by Gasteiger charge is -2.20. The number of rotatable bonds is 11. The van der Waals surface area contributed by atoms with Crippen molar-refractivity contribution in [3.8, 4) is 17.4 Å². The second-order valence-electron chi connectivity index (χ2n) is 8.04. The van der Waals surface area contributed by atoms with Gasteiger partial charge in [-0.1, -0.05) is 6.07 Å². The Morgan fingerprint density at radius 2 is 1.85 bits per heavy atom. The molecule has 40 heavy (non-hydrogen) atoms. The summed E-state index contributed by atoms with van der Waals surface area (Å²) in [6.07, 6.45) is 3.03. The Hall–Kier alpha value is -5.27. The van der Waals surface area contributed by atoms with E-state index in [1.165, 1.54) is 12.4 Å². The third-order valence-electron chi connectivity index (χ3n) is 5.09. The van der Waals surface area contributed by atoms with E-state index in [9.17, 15) is 9.18 Å². The number of ether oxygens (including phenoxy) is 2. The van der Waals surface area contributed by atoms with E-state index in [2.05, 4.69) is 25.4 Å². The van der Waals surface area contributed by atoms with Crippen molar-refractivity contribution in [3.63, 3.8) is 0 Å². The third kappa shape index (κ3) is 7.86. The number of hydrogen-bond donors (Lipinski definition) is 5. The average Bonchev–Trinajstić information content (AvgIpc) is 3.32. The normalized spacial score (nSPS) is 11.1. The number of amidine groups is 1. The standard InChI is InChI=1S/C24H25FN8O3.C2H4O2/c1-2-35-19-14-16(6-9-18(19)36-13-10-25)20(30-17-7-4-15(5-8-17)21(26)27)22-31-24(34)33(32-22)23-28-11-3-12-29-23;1-2(3)4/h3-9,11-12,14,20,30H,2,10,13H2,1H3,(H3,26,27)(H,31,32,34);1H3,(H,3,4). The van der Waals surface area contributed by atoms with Crippen LogP contribution in [0, 0.1) is 5.41 Å². The summed E-state index contributed by atoms with van der Waals surface area (Å²) in [7, 11) is 0. The van der Waals surface area contributed by atoms with Crippen LogP contribution < -0.4 is 26.2 Å². The number of alkyl halides is 1. The molecule has 0 fully saturated rings. The monoisotopic (exact) mass is 552 g/mol. The van der Waals surface area contributed by atoms with Crippen molar-refractivity contribution in [2.75, 3.05) is 25.2 Å². The molecule has 2 aromatic carbocycles. The quantitative estimate of drug-likeness (QED) is 0.136. The number of nitrogens with two attached hydrogens (primary N) is 1. The maximum atomic E-state index is 12.7. The van der Waals surface area contributed by atoms with Crippen LogP contribution in [0.4, 0.5) is 10.1 Å². The Morgan fingerprint density at radius 3 is 2.45 bits per heavy atom. The Labute approximate surface area is 228 Å². The molecule has 0 bridgehead atoms. The molecule has 0 aliphatic rings. The molecular formula is C26H29FN8O5. The van der Waals surface area contributed by atoms with Crippen molar-refractivity contribution in [1.29, 1.82) is 5.41 Å². The van der Waals surface area contributed by atoms with Gasteiger partial charge in [0.2, 0.25) is 0 Å². The number of carbonyl (C=O) groups is 1. The first kappa shape index (κ1) is 29.3. The summed E-state index contributed by atoms with van der Waals surface area (Å²) in [5, 5.41) is 22.8. The van der Waals surface area contributed by atoms with Crippen LogP contribution in [-0.4, -0.2) is 61.5 Å². The predicted molar refractivity (Wildman–Crippen MR) is 145 cm³/mol. The average molecular weight is 553 g/mol. The van der Waals surface area contributed by atoms with Crippen LogP contribution in [0.25, 0.3) is 5.95 Å². The minimum absolute atomic E-state index is 0.0470. The SMILES string of the molecule is CC(=O)O.CCOc1cc(C(Nc2ccc(C(=N)N)cc2)c2nn(-c3ncccn3)c(=O)[nH]2)ccc1OCCF. The molecule has 2 heterocycles. The molecule has 0 aliphatic carbocycles. The van der Waals surface area contributed by atoms with Crippen molar-refractivity contribution in [2.45, 2.75) is 19.9 Å². The number of H-pyrrole nitrogens is 1. The van der Waals surface area contributed by atoms with E-state index in [0.29, 0.717) is 40.7 Å². The molecule has 4 rings (SSSR count). The van der Waals surface area contributed by atoms with Gasteiger partial charge in [0, 0.05) is 30.6 Å². The highest BCUT2D eigenvalue weighted by atomic mass is 19.1. The lowest BCUT2D eigenvalue weighted by atomic mass is 10.0. The lowest BCUT2D eigenvalue weighted by Crippen LogP contribution is -2.18. The molecule has 13 nitrogen and oxygen atoms in total. The zero-order chi connectivity index (χ0) is 29.1. The highest BCUT2D eigenvalue weighted by Gasteiger charge is 2.23. The second-order valence-corrected chi connectivity index (χ2v) is 8.04. The number of aromatic nitrogens is 5. The number of halogens is 1. The minimum Gasteiger partial charge on any atom is -0.490 e. The number of carboxylic acid groups (broad SMARTS) is 1. The van der Waals surface area contributed by atoms with Crippen LogP contribution >= 0.6 is 0 Å². The highest BCUT2D eigenvalue weighted by molar-refractivity contribution is 5.95. The lowest BCUT2D eigenvalue weighted by molar-refractivity contribution is -0.134. The molecule has 1 unspecified atom stereocenters. The summed E-state index contributed by atoms with van der Waals surface area (Å²) in [5.41, 5.74) is 7.01. The van der Waals surface area contributed by atoms with Crippen LogP contribution in [0.2, 0.25) is 0 Å². The second kappa shape index (κ2) is 14.0. The Kier molecular flexibility index (Phi) is 10.3. The molecule has 2 aromatic heterocycles. The van der Waals surface area contributed by atoms with Gasteiger partial charge in [0.1, 0.15) is 25.2 Å². The van der Waals surface area contributed by atoms with Gasteiger partial charge in [-0.2, -0.15) is 0 Å². The van der Waals surface area contributed by atoms with E-state index in [-0.39, 0.29) is 18.4 Å². The van der Waals surface area contributed by atoms with Gasteiger partial charge in [0.25, 0.3) is 11.9 Å². The number of nitrogens with one attached hydrogen (secondary N) is 3. The zero-order valence-electron chi connectivity index (χ0n) is 21.8. The summed E-state index contributed by atoms with van der Waals surface area (Å²) >= 11 is 0. The number of nitrogen functional groups attached to an aromatic ring is 1. The Morgan fingerprint density at radius 1 is 1.18 bits per heavy atom. The fourth-order valence-corrected chi connectivity index (χ4v) is 3.47. The van der Waals surface area contributed by atoms with Gasteiger partial charge in [-0.25, -0.2) is 19.2 Å². The number of nitrogens with zero attached hydrogens (tertiary/aromatic N) is 4. The molecule has 14 heteroatoms. The van der Waals surface area contributed by atoms with Crippen molar-refractivity contribution < 1.29 is 23.8 Å².